The molecule has 1 aliphatic heterocycles. The van der Waals surface area contributed by atoms with Crippen molar-refractivity contribution in [3.8, 4) is 0 Å². The Morgan fingerprint density at radius 3 is 2.18 bits per heavy atom. The van der Waals surface area contributed by atoms with Crippen LogP contribution in [-0.2, 0) is 32.1 Å². The molecule has 2 saturated carbocycles. The number of amides is 2. The van der Waals surface area contributed by atoms with Gasteiger partial charge in [0.1, 0.15) is 12.6 Å². The van der Waals surface area contributed by atoms with E-state index in [1.165, 1.54) is 4.90 Å². The zero-order valence-corrected chi connectivity index (χ0v) is 18.7. The minimum atomic E-state index is -0.990. The van der Waals surface area contributed by atoms with Gasteiger partial charge in [-0.05, 0) is 41.7 Å². The molecular weight excluding hydrogens is 438 g/mol. The Bertz CT molecular complexity index is 1130. The Kier molecular flexibility index (Phi) is 4.91. The number of esters is 1. The molecule has 7 atom stereocenters. The Hall–Kier alpha value is -2.92. The molecule has 2 bridgehead atoms. The summed E-state index contributed by atoms with van der Waals surface area (Å²) in [6.45, 7) is -0.0101. The highest BCUT2D eigenvalue weighted by Gasteiger charge is 2.68. The minimum Gasteiger partial charge on any atom is -0.459 e. The molecule has 0 unspecified atom stereocenters. The van der Waals surface area contributed by atoms with Crippen LogP contribution in [0.1, 0.15) is 17.5 Å². The monoisotopic (exact) mass is 461 g/mol. The maximum atomic E-state index is 13.6. The van der Waals surface area contributed by atoms with Gasteiger partial charge in [0.2, 0.25) is 11.8 Å². The zero-order chi connectivity index (χ0) is 22.7. The lowest BCUT2D eigenvalue weighted by atomic mass is 9.63. The van der Waals surface area contributed by atoms with Crippen LogP contribution in [-0.4, -0.2) is 28.7 Å². The standard InChI is InChI=1S/C27H24ClNO4/c28-21-9-5-4-8-16(21)14-33-27(32)22(12-15-6-2-1-3-7-15)29-25(30)23-17-10-11-18(20-13-19(17)20)24(23)26(29)31/h1-11,17-20,22-24H,12-14H2/t17-,18-,19-,20-,22-,23-,24+/m0/s1. The minimum absolute atomic E-state index is 0.0101. The molecule has 5 aliphatic rings. The fraction of sp³-hybridized carbons (Fsp3) is 0.370. The summed E-state index contributed by atoms with van der Waals surface area (Å²) in [5.41, 5.74) is 1.55. The van der Waals surface area contributed by atoms with Crippen molar-refractivity contribution in [2.45, 2.75) is 25.5 Å². The molecule has 4 aliphatic carbocycles. The van der Waals surface area contributed by atoms with Crippen molar-refractivity contribution >= 4 is 29.4 Å². The van der Waals surface area contributed by atoms with Gasteiger partial charge < -0.3 is 4.74 Å². The van der Waals surface area contributed by atoms with Gasteiger partial charge in [-0.25, -0.2) is 4.79 Å². The number of carbonyl (C=O) groups is 3. The summed E-state index contributed by atoms with van der Waals surface area (Å²) < 4.78 is 5.62. The van der Waals surface area contributed by atoms with E-state index in [0.717, 1.165) is 12.0 Å². The topological polar surface area (TPSA) is 63.7 Å². The van der Waals surface area contributed by atoms with Crippen molar-refractivity contribution in [1.29, 1.82) is 0 Å². The fourth-order valence-corrected chi connectivity index (χ4v) is 6.46. The molecule has 33 heavy (non-hydrogen) atoms. The van der Waals surface area contributed by atoms with Crippen LogP contribution in [0.25, 0.3) is 0 Å². The first-order valence-electron chi connectivity index (χ1n) is 11.5. The van der Waals surface area contributed by atoms with Gasteiger partial charge in [0.15, 0.2) is 0 Å². The zero-order valence-electron chi connectivity index (χ0n) is 18.0. The molecule has 7 rings (SSSR count). The second-order valence-electron chi connectivity index (χ2n) is 9.61. The maximum Gasteiger partial charge on any atom is 0.330 e. The molecule has 1 heterocycles. The van der Waals surface area contributed by atoms with Gasteiger partial charge in [-0.15, -0.1) is 0 Å². The first-order chi connectivity index (χ1) is 16.0. The van der Waals surface area contributed by atoms with E-state index in [1.54, 1.807) is 12.1 Å². The summed E-state index contributed by atoms with van der Waals surface area (Å²) in [5.74, 6) is -0.446. The van der Waals surface area contributed by atoms with Gasteiger partial charge in [0, 0.05) is 17.0 Å². The third-order valence-electron chi connectivity index (χ3n) is 7.88. The Morgan fingerprint density at radius 1 is 0.939 bits per heavy atom. The van der Waals surface area contributed by atoms with Gasteiger partial charge in [-0.3, -0.25) is 14.5 Å². The maximum absolute atomic E-state index is 13.6. The smallest absolute Gasteiger partial charge is 0.330 e. The third kappa shape index (κ3) is 3.33. The van der Waals surface area contributed by atoms with Gasteiger partial charge in [0.25, 0.3) is 0 Å². The molecule has 6 heteroatoms. The lowest BCUT2D eigenvalue weighted by Gasteiger charge is -2.37. The van der Waals surface area contributed by atoms with Crippen molar-refractivity contribution in [3.05, 3.63) is 82.9 Å². The van der Waals surface area contributed by atoms with Crippen molar-refractivity contribution < 1.29 is 19.1 Å². The highest BCUT2D eigenvalue weighted by molar-refractivity contribution is 6.31. The van der Waals surface area contributed by atoms with E-state index in [4.69, 9.17) is 16.3 Å². The second-order valence-corrected chi connectivity index (χ2v) is 10.0. The van der Waals surface area contributed by atoms with Gasteiger partial charge >= 0.3 is 5.97 Å². The van der Waals surface area contributed by atoms with Gasteiger partial charge in [-0.1, -0.05) is 72.3 Å². The van der Waals surface area contributed by atoms with Crippen molar-refractivity contribution in [2.24, 2.45) is 35.5 Å². The number of hydrogen-bond acceptors (Lipinski definition) is 4. The molecule has 0 N–H and O–H groups in total. The average molecular weight is 462 g/mol. The highest BCUT2D eigenvalue weighted by Crippen LogP contribution is 2.65. The molecule has 168 valence electrons. The fourth-order valence-electron chi connectivity index (χ4n) is 6.27. The Balaban J connectivity index is 1.29. The number of allylic oxidation sites excluding steroid dienone is 2. The summed E-state index contributed by atoms with van der Waals surface area (Å²) in [5, 5.41) is 0.506. The number of likely N-dealkylation sites (tertiary alicyclic amines) is 1. The average Bonchev–Trinajstić information content (AvgIpc) is 3.61. The van der Waals surface area contributed by atoms with Gasteiger partial charge in [0.05, 0.1) is 11.8 Å². The molecule has 2 aromatic rings. The summed E-state index contributed by atoms with van der Waals surface area (Å²) in [6, 6.07) is 15.6. The number of imide groups is 1. The predicted molar refractivity (Wildman–Crippen MR) is 122 cm³/mol. The van der Waals surface area contributed by atoms with Crippen LogP contribution in [0.4, 0.5) is 0 Å². The number of rotatable bonds is 6. The number of ether oxygens (including phenoxy) is 1. The van der Waals surface area contributed by atoms with Crippen LogP contribution < -0.4 is 0 Å². The van der Waals surface area contributed by atoms with Gasteiger partial charge in [-0.2, -0.15) is 0 Å². The van der Waals surface area contributed by atoms with Crippen LogP contribution >= 0.6 is 11.6 Å². The van der Waals surface area contributed by atoms with E-state index in [-0.39, 0.29) is 48.5 Å². The molecule has 0 radical (unpaired) electrons. The van der Waals surface area contributed by atoms with E-state index in [2.05, 4.69) is 12.2 Å². The van der Waals surface area contributed by atoms with Crippen LogP contribution in [0.2, 0.25) is 5.02 Å². The van der Waals surface area contributed by atoms with Crippen molar-refractivity contribution in [2.75, 3.05) is 0 Å². The molecule has 2 aromatic carbocycles. The van der Waals surface area contributed by atoms with Crippen LogP contribution in [0.3, 0.4) is 0 Å². The molecular formula is C27H24ClNO4. The Morgan fingerprint density at radius 2 is 1.55 bits per heavy atom. The van der Waals surface area contributed by atoms with E-state index in [0.29, 0.717) is 22.4 Å². The summed E-state index contributed by atoms with van der Waals surface area (Å²) in [6.07, 6.45) is 5.60. The van der Waals surface area contributed by atoms with E-state index < -0.39 is 12.0 Å². The lowest BCUT2D eigenvalue weighted by Crippen LogP contribution is -2.47. The lowest BCUT2D eigenvalue weighted by molar-refractivity contribution is -0.160. The van der Waals surface area contributed by atoms with E-state index in [1.807, 2.05) is 42.5 Å². The Labute approximate surface area is 197 Å². The molecule has 1 saturated heterocycles. The number of halogens is 1. The van der Waals surface area contributed by atoms with E-state index in [9.17, 15) is 14.4 Å². The number of hydrogen-bond donors (Lipinski definition) is 0. The van der Waals surface area contributed by atoms with Crippen LogP contribution in [0.15, 0.2) is 66.7 Å². The van der Waals surface area contributed by atoms with Crippen LogP contribution in [0.5, 0.6) is 0 Å². The summed E-state index contributed by atoms with van der Waals surface area (Å²) >= 11 is 6.21. The highest BCUT2D eigenvalue weighted by atomic mass is 35.5. The van der Waals surface area contributed by atoms with Crippen LogP contribution in [0, 0.1) is 35.5 Å². The number of benzene rings is 2. The number of nitrogens with zero attached hydrogens (tertiary/aromatic N) is 1. The predicted octanol–water partition coefficient (Wildman–Crippen LogP) is 4.05. The normalized spacial score (nSPS) is 31.8. The van der Waals surface area contributed by atoms with E-state index >= 15 is 0 Å². The third-order valence-corrected chi connectivity index (χ3v) is 8.25. The van der Waals surface area contributed by atoms with Crippen molar-refractivity contribution in [3.63, 3.8) is 0 Å². The molecule has 0 aromatic heterocycles. The summed E-state index contributed by atoms with van der Waals surface area (Å²) in [7, 11) is 0. The van der Waals surface area contributed by atoms with Crippen molar-refractivity contribution in [1.82, 2.24) is 4.90 Å². The quantitative estimate of drug-likeness (QED) is 0.370. The molecule has 5 nitrogen and oxygen atoms in total. The first kappa shape index (κ1) is 20.7. The summed E-state index contributed by atoms with van der Waals surface area (Å²) in [4.78, 5) is 41.8. The second kappa shape index (κ2) is 7.84. The molecule has 0 spiro atoms. The number of carbonyl (C=O) groups excluding carboxylic acids is 3. The SMILES string of the molecule is O=C(OCc1ccccc1Cl)[C@H](Cc1ccccc1)N1C(=O)[C@@H]2[C@H]3C=C[C@@H]([C@@H]4C[C@@H]34)[C@@H]2C1=O. The molecule has 2 amide bonds. The largest absolute Gasteiger partial charge is 0.459 e. The first-order valence-corrected chi connectivity index (χ1v) is 11.9. The molecule has 3 fully saturated rings.